The SMILES string of the molecule is Cc1ccnn1CCNC(=O)C[C@@H]1C[C@H]2CC[C@@H]1C2. The molecule has 0 spiro atoms. The average Bonchev–Trinajstić information content (AvgIpc) is 3.07. The van der Waals surface area contributed by atoms with Crippen molar-refractivity contribution >= 4 is 5.91 Å². The molecule has 0 aliphatic heterocycles. The molecular weight excluding hydrogens is 238 g/mol. The molecule has 0 aromatic carbocycles. The zero-order valence-electron chi connectivity index (χ0n) is 11.6. The highest BCUT2D eigenvalue weighted by Crippen LogP contribution is 2.49. The highest BCUT2D eigenvalue weighted by Gasteiger charge is 2.39. The zero-order valence-corrected chi connectivity index (χ0v) is 11.6. The predicted molar refractivity (Wildman–Crippen MR) is 73.5 cm³/mol. The first-order valence-electron chi connectivity index (χ1n) is 7.47. The van der Waals surface area contributed by atoms with E-state index in [-0.39, 0.29) is 5.91 Å². The van der Waals surface area contributed by atoms with Gasteiger partial charge in [-0.2, -0.15) is 5.10 Å². The van der Waals surface area contributed by atoms with Crippen molar-refractivity contribution in [2.24, 2.45) is 17.8 Å². The molecule has 1 aromatic heterocycles. The number of nitrogens with zero attached hydrogens (tertiary/aromatic N) is 2. The fourth-order valence-corrected chi connectivity index (χ4v) is 3.87. The number of aromatic nitrogens is 2. The molecule has 0 unspecified atom stereocenters. The monoisotopic (exact) mass is 261 g/mol. The second-order valence-corrected chi connectivity index (χ2v) is 6.18. The van der Waals surface area contributed by atoms with E-state index in [2.05, 4.69) is 10.4 Å². The summed E-state index contributed by atoms with van der Waals surface area (Å²) in [5.74, 6) is 2.64. The van der Waals surface area contributed by atoms with Crippen molar-refractivity contribution in [3.8, 4) is 0 Å². The lowest BCUT2D eigenvalue weighted by molar-refractivity contribution is -0.122. The summed E-state index contributed by atoms with van der Waals surface area (Å²) in [4.78, 5) is 11.9. The van der Waals surface area contributed by atoms with Crippen molar-refractivity contribution < 1.29 is 4.79 Å². The standard InChI is InChI=1S/C15H23N3O/c1-11-4-5-17-18(11)7-6-16-15(19)10-14-9-12-2-3-13(14)8-12/h4-5,12-14H,2-3,6-10H2,1H3,(H,16,19)/t12-,13+,14-/m0/s1. The fraction of sp³-hybridized carbons (Fsp3) is 0.733. The van der Waals surface area contributed by atoms with Gasteiger partial charge in [0.1, 0.15) is 0 Å². The van der Waals surface area contributed by atoms with Crippen LogP contribution >= 0.6 is 0 Å². The van der Waals surface area contributed by atoms with Crippen LogP contribution < -0.4 is 5.32 Å². The van der Waals surface area contributed by atoms with Crippen LogP contribution in [-0.4, -0.2) is 22.2 Å². The third-order valence-corrected chi connectivity index (χ3v) is 4.91. The summed E-state index contributed by atoms with van der Waals surface area (Å²) in [5, 5.41) is 7.25. The number of hydrogen-bond donors (Lipinski definition) is 1. The van der Waals surface area contributed by atoms with Gasteiger partial charge in [0.25, 0.3) is 0 Å². The molecule has 3 atom stereocenters. The Morgan fingerprint density at radius 1 is 1.47 bits per heavy atom. The summed E-state index contributed by atoms with van der Waals surface area (Å²) in [6.07, 6.45) is 7.96. The lowest BCUT2D eigenvalue weighted by atomic mass is 9.86. The number of carbonyl (C=O) groups excluding carboxylic acids is 1. The summed E-state index contributed by atoms with van der Waals surface area (Å²) in [6.45, 7) is 3.48. The molecule has 0 radical (unpaired) electrons. The van der Waals surface area contributed by atoms with Gasteiger partial charge in [-0.15, -0.1) is 0 Å². The molecular formula is C15H23N3O. The van der Waals surface area contributed by atoms with E-state index in [4.69, 9.17) is 0 Å². The smallest absolute Gasteiger partial charge is 0.220 e. The Kier molecular flexibility index (Phi) is 3.58. The lowest BCUT2D eigenvalue weighted by Crippen LogP contribution is -2.30. The number of carbonyl (C=O) groups is 1. The predicted octanol–water partition coefficient (Wildman–Crippen LogP) is 2.13. The molecule has 2 saturated carbocycles. The quantitative estimate of drug-likeness (QED) is 0.882. The first kappa shape index (κ1) is 12.7. The van der Waals surface area contributed by atoms with Gasteiger partial charge in [-0.05, 0) is 50.0 Å². The van der Waals surface area contributed by atoms with Crippen molar-refractivity contribution in [3.05, 3.63) is 18.0 Å². The van der Waals surface area contributed by atoms with Gasteiger partial charge in [-0.3, -0.25) is 9.48 Å². The maximum Gasteiger partial charge on any atom is 0.220 e. The van der Waals surface area contributed by atoms with Gasteiger partial charge in [0.05, 0.1) is 6.54 Å². The Balaban J connectivity index is 1.39. The highest BCUT2D eigenvalue weighted by molar-refractivity contribution is 5.76. The van der Waals surface area contributed by atoms with Crippen molar-refractivity contribution in [1.82, 2.24) is 15.1 Å². The second-order valence-electron chi connectivity index (χ2n) is 6.18. The third-order valence-electron chi connectivity index (χ3n) is 4.91. The molecule has 104 valence electrons. The van der Waals surface area contributed by atoms with Gasteiger partial charge in [0.15, 0.2) is 0 Å². The fourth-order valence-electron chi connectivity index (χ4n) is 3.87. The molecule has 3 rings (SSSR count). The van der Waals surface area contributed by atoms with E-state index in [1.807, 2.05) is 17.7 Å². The molecule has 1 N–H and O–H groups in total. The van der Waals surface area contributed by atoms with Crippen LogP contribution in [0.3, 0.4) is 0 Å². The van der Waals surface area contributed by atoms with Crippen molar-refractivity contribution in [1.29, 1.82) is 0 Å². The lowest BCUT2D eigenvalue weighted by Gasteiger charge is -2.20. The van der Waals surface area contributed by atoms with Crippen LogP contribution in [0.4, 0.5) is 0 Å². The molecule has 2 aliphatic carbocycles. The maximum atomic E-state index is 11.9. The summed E-state index contributed by atoms with van der Waals surface area (Å²) in [7, 11) is 0. The Hall–Kier alpha value is -1.32. The Labute approximate surface area is 114 Å². The van der Waals surface area contributed by atoms with Gasteiger partial charge in [0.2, 0.25) is 5.91 Å². The van der Waals surface area contributed by atoms with Crippen LogP contribution in [0.15, 0.2) is 12.3 Å². The third kappa shape index (κ3) is 2.82. The molecule has 4 nitrogen and oxygen atoms in total. The van der Waals surface area contributed by atoms with Crippen molar-refractivity contribution in [3.63, 3.8) is 0 Å². The van der Waals surface area contributed by atoms with Gasteiger partial charge >= 0.3 is 0 Å². The Morgan fingerprint density at radius 3 is 3.00 bits per heavy atom. The van der Waals surface area contributed by atoms with E-state index in [1.54, 1.807) is 6.20 Å². The summed E-state index contributed by atoms with van der Waals surface area (Å²) in [6, 6.07) is 1.98. The molecule has 1 amide bonds. The number of aryl methyl sites for hydroxylation is 1. The Morgan fingerprint density at radius 2 is 2.37 bits per heavy atom. The van der Waals surface area contributed by atoms with E-state index in [1.165, 1.54) is 25.7 Å². The molecule has 0 saturated heterocycles. The molecule has 4 heteroatoms. The maximum absolute atomic E-state index is 11.9. The van der Waals surface area contributed by atoms with E-state index < -0.39 is 0 Å². The van der Waals surface area contributed by atoms with Crippen LogP contribution in [0.5, 0.6) is 0 Å². The average molecular weight is 261 g/mol. The number of amides is 1. The largest absolute Gasteiger partial charge is 0.354 e. The normalized spacial score (nSPS) is 28.8. The van der Waals surface area contributed by atoms with Gasteiger partial charge in [-0.1, -0.05) is 6.42 Å². The van der Waals surface area contributed by atoms with Crippen LogP contribution in [-0.2, 0) is 11.3 Å². The highest BCUT2D eigenvalue weighted by atomic mass is 16.1. The van der Waals surface area contributed by atoms with Crippen molar-refractivity contribution in [2.75, 3.05) is 6.54 Å². The number of hydrogen-bond acceptors (Lipinski definition) is 2. The second kappa shape index (κ2) is 5.35. The van der Waals surface area contributed by atoms with Crippen LogP contribution in [0.1, 0.15) is 37.8 Å². The van der Waals surface area contributed by atoms with Crippen LogP contribution in [0, 0.1) is 24.7 Å². The topological polar surface area (TPSA) is 46.9 Å². The first-order valence-corrected chi connectivity index (χ1v) is 7.47. The van der Waals surface area contributed by atoms with E-state index in [9.17, 15) is 4.79 Å². The van der Waals surface area contributed by atoms with E-state index in [0.29, 0.717) is 12.5 Å². The molecule has 1 heterocycles. The molecule has 19 heavy (non-hydrogen) atoms. The van der Waals surface area contributed by atoms with Crippen molar-refractivity contribution in [2.45, 2.75) is 45.6 Å². The Bertz CT molecular complexity index is 454. The van der Waals surface area contributed by atoms with Gasteiger partial charge in [0, 0.05) is 24.9 Å². The van der Waals surface area contributed by atoms with E-state index >= 15 is 0 Å². The minimum Gasteiger partial charge on any atom is -0.354 e. The minimum absolute atomic E-state index is 0.224. The minimum atomic E-state index is 0.224. The molecule has 2 fully saturated rings. The van der Waals surface area contributed by atoms with E-state index in [0.717, 1.165) is 30.5 Å². The summed E-state index contributed by atoms with van der Waals surface area (Å²) < 4.78 is 1.93. The van der Waals surface area contributed by atoms with Crippen LogP contribution in [0.25, 0.3) is 0 Å². The van der Waals surface area contributed by atoms with Gasteiger partial charge < -0.3 is 5.32 Å². The molecule has 2 aliphatic rings. The summed E-state index contributed by atoms with van der Waals surface area (Å²) >= 11 is 0. The number of fused-ring (bicyclic) bond motifs is 2. The molecule has 1 aromatic rings. The summed E-state index contributed by atoms with van der Waals surface area (Å²) in [5.41, 5.74) is 1.14. The van der Waals surface area contributed by atoms with Gasteiger partial charge in [-0.25, -0.2) is 0 Å². The molecule has 2 bridgehead atoms. The number of rotatable bonds is 5. The first-order chi connectivity index (χ1) is 9.22. The van der Waals surface area contributed by atoms with Crippen LogP contribution in [0.2, 0.25) is 0 Å². The zero-order chi connectivity index (χ0) is 13.2. The number of nitrogens with one attached hydrogen (secondary N) is 1.